The molecule has 16 heavy (non-hydrogen) atoms. The van der Waals surface area contributed by atoms with Crippen LogP contribution in [0.4, 0.5) is 5.82 Å². The maximum atomic E-state index is 10.8. The third-order valence-corrected chi connectivity index (χ3v) is 2.81. The minimum absolute atomic E-state index is 0.286. The van der Waals surface area contributed by atoms with Crippen molar-refractivity contribution in [1.82, 2.24) is 9.88 Å². The Kier molecular flexibility index (Phi) is 3.74. The molecule has 2 rings (SSSR count). The Morgan fingerprint density at radius 3 is 2.62 bits per heavy atom. The molecule has 1 aromatic heterocycles. The molecule has 1 aliphatic rings. The van der Waals surface area contributed by atoms with Gasteiger partial charge < -0.3 is 4.90 Å². The Morgan fingerprint density at radius 1 is 1.31 bits per heavy atom. The van der Waals surface area contributed by atoms with E-state index in [0.717, 1.165) is 32.0 Å². The Hall–Kier alpha value is -1.13. The highest BCUT2D eigenvalue weighted by Gasteiger charge is 2.18. The number of aromatic nitrogens is 1. The van der Waals surface area contributed by atoms with Crippen LogP contribution in [0.3, 0.4) is 0 Å². The van der Waals surface area contributed by atoms with Crippen LogP contribution in [-0.4, -0.2) is 47.9 Å². The Bertz CT molecular complexity index is 350. The molecular weight excluding hydrogens is 226 g/mol. The van der Waals surface area contributed by atoms with E-state index in [-0.39, 0.29) is 5.24 Å². The first-order valence-electron chi connectivity index (χ1n) is 5.32. The maximum absolute atomic E-state index is 10.8. The van der Waals surface area contributed by atoms with Gasteiger partial charge in [0.1, 0.15) is 5.82 Å². The van der Waals surface area contributed by atoms with Gasteiger partial charge in [-0.15, -0.1) is 0 Å². The number of halogens is 1. The van der Waals surface area contributed by atoms with E-state index in [9.17, 15) is 4.79 Å². The summed E-state index contributed by atoms with van der Waals surface area (Å²) in [6.45, 7) is 3.84. The first-order valence-corrected chi connectivity index (χ1v) is 5.70. The number of pyridine rings is 1. The number of anilines is 1. The normalized spacial score (nSPS) is 17.4. The second-order valence-corrected chi connectivity index (χ2v) is 4.23. The third-order valence-electron chi connectivity index (χ3n) is 2.69. The summed E-state index contributed by atoms with van der Waals surface area (Å²) >= 11 is 5.36. The lowest BCUT2D eigenvalue weighted by atomic mass is 10.3. The number of piperazine rings is 1. The van der Waals surface area contributed by atoms with Crippen molar-refractivity contribution in [1.29, 1.82) is 0 Å². The SMILES string of the molecule is O=C(Cl)CN1CCN(c2ccccn2)CC1. The van der Waals surface area contributed by atoms with Crippen molar-refractivity contribution in [3.63, 3.8) is 0 Å². The lowest BCUT2D eigenvalue weighted by Crippen LogP contribution is -2.47. The molecule has 0 aromatic carbocycles. The molecule has 1 aromatic rings. The van der Waals surface area contributed by atoms with Gasteiger partial charge in [-0.25, -0.2) is 4.98 Å². The summed E-state index contributed by atoms with van der Waals surface area (Å²) in [5, 5.41) is -0.286. The van der Waals surface area contributed by atoms with Crippen LogP contribution in [0, 0.1) is 0 Å². The molecule has 2 heterocycles. The largest absolute Gasteiger partial charge is 0.354 e. The molecule has 0 aliphatic carbocycles. The summed E-state index contributed by atoms with van der Waals surface area (Å²) < 4.78 is 0. The summed E-state index contributed by atoms with van der Waals surface area (Å²) in [5.74, 6) is 0.999. The van der Waals surface area contributed by atoms with Gasteiger partial charge in [0.2, 0.25) is 5.24 Å². The Balaban J connectivity index is 1.88. The molecule has 0 amide bonds. The van der Waals surface area contributed by atoms with Crippen molar-refractivity contribution < 1.29 is 4.79 Å². The van der Waals surface area contributed by atoms with E-state index in [1.807, 2.05) is 18.2 Å². The van der Waals surface area contributed by atoms with E-state index >= 15 is 0 Å². The number of carbonyl (C=O) groups excluding carboxylic acids is 1. The second kappa shape index (κ2) is 5.27. The van der Waals surface area contributed by atoms with Gasteiger partial charge in [-0.3, -0.25) is 9.69 Å². The number of hydrogen-bond acceptors (Lipinski definition) is 4. The number of rotatable bonds is 3. The zero-order valence-electron chi connectivity index (χ0n) is 8.97. The Labute approximate surface area is 99.8 Å². The molecular formula is C11H14ClN3O. The van der Waals surface area contributed by atoms with Gasteiger partial charge >= 0.3 is 0 Å². The molecule has 1 saturated heterocycles. The summed E-state index contributed by atoms with van der Waals surface area (Å²) in [7, 11) is 0. The van der Waals surface area contributed by atoms with Crippen LogP contribution in [0.25, 0.3) is 0 Å². The van der Waals surface area contributed by atoms with E-state index in [1.165, 1.54) is 0 Å². The summed E-state index contributed by atoms with van der Waals surface area (Å²) in [6.07, 6.45) is 1.80. The molecule has 0 saturated carbocycles. The van der Waals surface area contributed by atoms with Gasteiger partial charge in [0, 0.05) is 32.4 Å². The lowest BCUT2D eigenvalue weighted by molar-refractivity contribution is -0.112. The lowest BCUT2D eigenvalue weighted by Gasteiger charge is -2.34. The predicted octanol–water partition coefficient (Wildman–Crippen LogP) is 0.969. The van der Waals surface area contributed by atoms with Crippen molar-refractivity contribution in [3.05, 3.63) is 24.4 Å². The van der Waals surface area contributed by atoms with Gasteiger partial charge in [-0.1, -0.05) is 6.07 Å². The molecule has 1 fully saturated rings. The topological polar surface area (TPSA) is 36.4 Å². The Morgan fingerprint density at radius 2 is 2.06 bits per heavy atom. The van der Waals surface area contributed by atoms with Crippen LogP contribution < -0.4 is 4.90 Å². The quantitative estimate of drug-likeness (QED) is 0.737. The van der Waals surface area contributed by atoms with E-state index in [1.54, 1.807) is 6.20 Å². The van der Waals surface area contributed by atoms with Crippen molar-refractivity contribution >= 4 is 22.7 Å². The molecule has 0 spiro atoms. The fourth-order valence-corrected chi connectivity index (χ4v) is 2.02. The number of hydrogen-bond donors (Lipinski definition) is 0. The van der Waals surface area contributed by atoms with Crippen LogP contribution >= 0.6 is 11.6 Å². The van der Waals surface area contributed by atoms with Crippen LogP contribution in [-0.2, 0) is 4.79 Å². The van der Waals surface area contributed by atoms with E-state index in [0.29, 0.717) is 6.54 Å². The minimum atomic E-state index is -0.286. The molecule has 1 aliphatic heterocycles. The molecule has 0 N–H and O–H groups in total. The van der Waals surface area contributed by atoms with E-state index in [2.05, 4.69) is 14.8 Å². The third kappa shape index (κ3) is 2.93. The van der Waals surface area contributed by atoms with Crippen molar-refractivity contribution in [2.45, 2.75) is 0 Å². The fraction of sp³-hybridized carbons (Fsp3) is 0.455. The first-order chi connectivity index (χ1) is 7.75. The average molecular weight is 240 g/mol. The van der Waals surface area contributed by atoms with Crippen molar-refractivity contribution in [3.8, 4) is 0 Å². The highest BCUT2D eigenvalue weighted by atomic mass is 35.5. The van der Waals surface area contributed by atoms with Gasteiger partial charge in [0.15, 0.2) is 0 Å². The number of carbonyl (C=O) groups is 1. The monoisotopic (exact) mass is 239 g/mol. The van der Waals surface area contributed by atoms with Crippen LogP contribution in [0.5, 0.6) is 0 Å². The molecule has 0 bridgehead atoms. The van der Waals surface area contributed by atoms with Gasteiger partial charge in [0.05, 0.1) is 6.54 Å². The maximum Gasteiger partial charge on any atom is 0.235 e. The molecule has 0 unspecified atom stereocenters. The average Bonchev–Trinajstić information content (AvgIpc) is 2.30. The first kappa shape index (κ1) is 11.4. The summed E-state index contributed by atoms with van der Waals surface area (Å²) in [4.78, 5) is 19.3. The zero-order valence-corrected chi connectivity index (χ0v) is 9.73. The molecule has 86 valence electrons. The highest BCUT2D eigenvalue weighted by molar-refractivity contribution is 6.64. The van der Waals surface area contributed by atoms with Crippen LogP contribution in [0.2, 0.25) is 0 Å². The molecule has 5 heteroatoms. The summed E-state index contributed by atoms with van der Waals surface area (Å²) in [6, 6.07) is 5.89. The van der Waals surface area contributed by atoms with Crippen molar-refractivity contribution in [2.75, 3.05) is 37.6 Å². The molecule has 0 radical (unpaired) electrons. The standard InChI is InChI=1S/C11H14ClN3O/c12-10(16)9-14-5-7-15(8-6-14)11-3-1-2-4-13-11/h1-4H,5-9H2. The van der Waals surface area contributed by atoms with Gasteiger partial charge in [-0.05, 0) is 23.7 Å². The van der Waals surface area contributed by atoms with Crippen LogP contribution in [0.15, 0.2) is 24.4 Å². The number of nitrogens with zero attached hydrogens (tertiary/aromatic N) is 3. The van der Waals surface area contributed by atoms with Gasteiger partial charge in [-0.2, -0.15) is 0 Å². The minimum Gasteiger partial charge on any atom is -0.354 e. The smallest absolute Gasteiger partial charge is 0.235 e. The van der Waals surface area contributed by atoms with Crippen LogP contribution in [0.1, 0.15) is 0 Å². The van der Waals surface area contributed by atoms with Gasteiger partial charge in [0.25, 0.3) is 0 Å². The van der Waals surface area contributed by atoms with E-state index in [4.69, 9.17) is 11.6 Å². The van der Waals surface area contributed by atoms with E-state index < -0.39 is 0 Å². The molecule has 0 atom stereocenters. The summed E-state index contributed by atoms with van der Waals surface area (Å²) in [5.41, 5.74) is 0. The second-order valence-electron chi connectivity index (χ2n) is 3.81. The predicted molar refractivity (Wildman–Crippen MR) is 63.8 cm³/mol. The fourth-order valence-electron chi connectivity index (χ4n) is 1.85. The zero-order chi connectivity index (χ0) is 11.4. The highest BCUT2D eigenvalue weighted by Crippen LogP contribution is 2.12. The van der Waals surface area contributed by atoms with Crippen molar-refractivity contribution in [2.24, 2.45) is 0 Å². The molecule has 4 nitrogen and oxygen atoms in total.